The summed E-state index contributed by atoms with van der Waals surface area (Å²) in [4.78, 5) is 14.6. The van der Waals surface area contributed by atoms with Gasteiger partial charge >= 0.3 is 6.18 Å². The minimum atomic E-state index is -4.93. The van der Waals surface area contributed by atoms with Gasteiger partial charge in [0.2, 0.25) is 0 Å². The number of carbonyl (C=O) groups excluding carboxylic acids is 1. The predicted molar refractivity (Wildman–Crippen MR) is 116 cm³/mol. The van der Waals surface area contributed by atoms with E-state index in [0.29, 0.717) is 24.9 Å². The Bertz CT molecular complexity index is 974. The highest BCUT2D eigenvalue weighted by Crippen LogP contribution is 2.50. The molecule has 4 rings (SSSR count). The number of rotatable bonds is 4. The summed E-state index contributed by atoms with van der Waals surface area (Å²) >= 11 is 0. The first kappa shape index (κ1) is 23.7. The van der Waals surface area contributed by atoms with E-state index in [1.54, 1.807) is 24.3 Å². The number of nitrogens with zero attached hydrogens (tertiary/aromatic N) is 1. The van der Waals surface area contributed by atoms with Gasteiger partial charge in [-0.1, -0.05) is 48.5 Å². The van der Waals surface area contributed by atoms with Crippen molar-refractivity contribution < 1.29 is 27.1 Å². The average molecular weight is 465 g/mol. The summed E-state index contributed by atoms with van der Waals surface area (Å²) in [6.07, 6.45) is -3.14. The molecule has 2 heterocycles. The lowest BCUT2D eigenvalue weighted by molar-refractivity contribution is -0.271. The Kier molecular flexibility index (Phi) is 6.51. The number of hydrogen-bond donors (Lipinski definition) is 1. The van der Waals surface area contributed by atoms with Crippen molar-refractivity contribution in [2.45, 2.75) is 37.0 Å². The molecule has 8 heteroatoms. The van der Waals surface area contributed by atoms with Gasteiger partial charge in [-0.3, -0.25) is 4.79 Å². The standard InChI is InChI=1S/C25H28F4N2O2/c1-33-24(25(27,28)29,18-7-3-2-4-8-18)22(32)31-15-12-23(13-16-31)11-14-30-17-20(23)19-9-5-6-10-21(19)26/h2-10,20,30H,11-17H2,1H3/t20?,24-/m0/s1. The number of amides is 1. The lowest BCUT2D eigenvalue weighted by atomic mass is 9.62. The number of benzene rings is 2. The minimum absolute atomic E-state index is 0.103. The molecule has 2 aromatic carbocycles. The molecule has 2 saturated heterocycles. The van der Waals surface area contributed by atoms with Gasteiger partial charge in [0.1, 0.15) is 5.82 Å². The second-order valence-corrected chi connectivity index (χ2v) is 8.93. The zero-order valence-electron chi connectivity index (χ0n) is 18.5. The van der Waals surface area contributed by atoms with Gasteiger partial charge in [-0.05, 0) is 42.9 Å². The summed E-state index contributed by atoms with van der Waals surface area (Å²) < 4.78 is 62.5. The molecule has 4 nitrogen and oxygen atoms in total. The second-order valence-electron chi connectivity index (χ2n) is 8.93. The van der Waals surface area contributed by atoms with Crippen molar-refractivity contribution in [1.82, 2.24) is 10.2 Å². The maximum atomic E-state index is 14.6. The largest absolute Gasteiger partial charge is 0.430 e. The van der Waals surface area contributed by atoms with E-state index >= 15 is 0 Å². The molecule has 178 valence electrons. The summed E-state index contributed by atoms with van der Waals surface area (Å²) in [6, 6.07) is 13.7. The molecule has 1 unspecified atom stereocenters. The van der Waals surface area contributed by atoms with Gasteiger partial charge in [0, 0.05) is 38.2 Å². The van der Waals surface area contributed by atoms with Crippen molar-refractivity contribution in [3.05, 3.63) is 71.5 Å². The Morgan fingerprint density at radius 2 is 1.67 bits per heavy atom. The van der Waals surface area contributed by atoms with E-state index in [9.17, 15) is 22.4 Å². The fraction of sp³-hybridized carbons (Fsp3) is 0.480. The fourth-order valence-electron chi connectivity index (χ4n) is 5.55. The maximum Gasteiger partial charge on any atom is 0.430 e. The molecule has 2 fully saturated rings. The van der Waals surface area contributed by atoms with E-state index in [-0.39, 0.29) is 35.8 Å². The van der Waals surface area contributed by atoms with Crippen LogP contribution in [0.3, 0.4) is 0 Å². The SMILES string of the molecule is CO[C@](C(=O)N1CCC2(CCNCC2c2ccccc2F)CC1)(c1ccccc1)C(F)(F)F. The van der Waals surface area contributed by atoms with Crippen LogP contribution in [0.4, 0.5) is 17.6 Å². The number of likely N-dealkylation sites (tertiary alicyclic amines) is 1. The van der Waals surface area contributed by atoms with Gasteiger partial charge in [-0.15, -0.1) is 0 Å². The highest BCUT2D eigenvalue weighted by atomic mass is 19.4. The Labute approximate surface area is 190 Å². The van der Waals surface area contributed by atoms with Crippen LogP contribution in [0.5, 0.6) is 0 Å². The zero-order chi connectivity index (χ0) is 23.7. The highest BCUT2D eigenvalue weighted by molar-refractivity contribution is 5.88. The van der Waals surface area contributed by atoms with Crippen LogP contribution in [0.15, 0.2) is 54.6 Å². The first-order chi connectivity index (χ1) is 15.7. The first-order valence-corrected chi connectivity index (χ1v) is 11.2. The van der Waals surface area contributed by atoms with E-state index in [1.807, 2.05) is 0 Å². The van der Waals surface area contributed by atoms with E-state index < -0.39 is 17.7 Å². The smallest absolute Gasteiger partial charge is 0.356 e. The molecule has 33 heavy (non-hydrogen) atoms. The Balaban J connectivity index is 1.61. The van der Waals surface area contributed by atoms with Crippen molar-refractivity contribution in [2.75, 3.05) is 33.3 Å². The second kappa shape index (κ2) is 9.06. The van der Waals surface area contributed by atoms with Gasteiger partial charge in [0.05, 0.1) is 0 Å². The van der Waals surface area contributed by atoms with Crippen molar-refractivity contribution in [3.8, 4) is 0 Å². The molecule has 1 amide bonds. The summed E-state index contributed by atoms with van der Waals surface area (Å²) in [7, 11) is 0.921. The third-order valence-electron chi connectivity index (χ3n) is 7.40. The van der Waals surface area contributed by atoms with E-state index in [1.165, 1.54) is 35.2 Å². The van der Waals surface area contributed by atoms with Crippen LogP contribution in [0.2, 0.25) is 0 Å². The van der Waals surface area contributed by atoms with Crippen molar-refractivity contribution in [1.29, 1.82) is 0 Å². The van der Waals surface area contributed by atoms with Crippen LogP contribution in [-0.2, 0) is 15.1 Å². The van der Waals surface area contributed by atoms with Gasteiger partial charge in [0.15, 0.2) is 0 Å². The maximum absolute atomic E-state index is 14.6. The molecule has 0 aliphatic carbocycles. The highest BCUT2D eigenvalue weighted by Gasteiger charge is 2.64. The molecule has 2 atom stereocenters. The number of alkyl halides is 3. The lowest BCUT2D eigenvalue weighted by Crippen LogP contribution is -2.59. The van der Waals surface area contributed by atoms with Crippen molar-refractivity contribution in [2.24, 2.45) is 5.41 Å². The molecule has 0 saturated carbocycles. The number of ether oxygens (including phenoxy) is 1. The summed E-state index contributed by atoms with van der Waals surface area (Å²) in [5.74, 6) is -1.48. The average Bonchev–Trinajstić information content (AvgIpc) is 2.81. The van der Waals surface area contributed by atoms with Crippen LogP contribution in [0.25, 0.3) is 0 Å². The molecule has 2 aliphatic heterocycles. The van der Waals surface area contributed by atoms with Crippen LogP contribution < -0.4 is 5.32 Å². The Morgan fingerprint density at radius 3 is 2.27 bits per heavy atom. The first-order valence-electron chi connectivity index (χ1n) is 11.2. The van der Waals surface area contributed by atoms with Crippen LogP contribution in [0, 0.1) is 11.2 Å². The van der Waals surface area contributed by atoms with Crippen LogP contribution in [0.1, 0.15) is 36.3 Å². The summed E-state index contributed by atoms with van der Waals surface area (Å²) in [5.41, 5.74) is -2.95. The number of nitrogens with one attached hydrogen (secondary N) is 1. The fourth-order valence-corrected chi connectivity index (χ4v) is 5.55. The van der Waals surface area contributed by atoms with Crippen LogP contribution in [-0.4, -0.2) is 50.3 Å². The number of hydrogen-bond acceptors (Lipinski definition) is 3. The van der Waals surface area contributed by atoms with Gasteiger partial charge in [-0.25, -0.2) is 4.39 Å². The van der Waals surface area contributed by atoms with Gasteiger partial charge < -0.3 is 15.0 Å². The third-order valence-corrected chi connectivity index (χ3v) is 7.40. The van der Waals surface area contributed by atoms with Crippen LogP contribution >= 0.6 is 0 Å². The number of piperidine rings is 2. The van der Waals surface area contributed by atoms with Crippen molar-refractivity contribution >= 4 is 5.91 Å². The summed E-state index contributed by atoms with van der Waals surface area (Å²) in [5, 5.41) is 3.32. The van der Waals surface area contributed by atoms with E-state index in [4.69, 9.17) is 4.74 Å². The number of halogens is 4. The molecule has 0 radical (unpaired) electrons. The molecule has 2 aromatic rings. The molecule has 1 N–H and O–H groups in total. The lowest BCUT2D eigenvalue weighted by Gasteiger charge is -2.50. The van der Waals surface area contributed by atoms with Gasteiger partial charge in [0.25, 0.3) is 11.5 Å². The molecule has 0 bridgehead atoms. The minimum Gasteiger partial charge on any atom is -0.356 e. The molecular weight excluding hydrogens is 436 g/mol. The van der Waals surface area contributed by atoms with Gasteiger partial charge in [-0.2, -0.15) is 13.2 Å². The number of carbonyl (C=O) groups is 1. The third kappa shape index (κ3) is 4.04. The van der Waals surface area contributed by atoms with E-state index in [0.717, 1.165) is 20.1 Å². The summed E-state index contributed by atoms with van der Waals surface area (Å²) in [6.45, 7) is 1.69. The number of methoxy groups -OCH3 is 1. The Morgan fingerprint density at radius 1 is 1.03 bits per heavy atom. The topological polar surface area (TPSA) is 41.6 Å². The molecule has 0 aromatic heterocycles. The van der Waals surface area contributed by atoms with Crippen molar-refractivity contribution in [3.63, 3.8) is 0 Å². The quantitative estimate of drug-likeness (QED) is 0.672. The predicted octanol–water partition coefficient (Wildman–Crippen LogP) is 4.62. The normalized spacial score (nSPS) is 22.7. The molecular formula is C25H28F4N2O2. The zero-order valence-corrected chi connectivity index (χ0v) is 18.5. The monoisotopic (exact) mass is 464 g/mol. The molecule has 1 spiro atoms. The Hall–Kier alpha value is -2.45. The van der Waals surface area contributed by atoms with E-state index in [2.05, 4.69) is 5.32 Å². The molecule has 2 aliphatic rings.